The lowest BCUT2D eigenvalue weighted by Gasteiger charge is -2.49. The average molecular weight is 234 g/mol. The lowest BCUT2D eigenvalue weighted by Crippen LogP contribution is -2.61. The Morgan fingerprint density at radius 1 is 1.29 bits per heavy atom. The monoisotopic (exact) mass is 234 g/mol. The molecule has 1 saturated heterocycles. The molecular weight excluding hydrogens is 212 g/mol. The van der Waals surface area contributed by atoms with Crippen molar-refractivity contribution in [3.05, 3.63) is 18.2 Å². The van der Waals surface area contributed by atoms with Crippen molar-refractivity contribution in [2.45, 2.75) is 44.2 Å². The minimum Gasteiger partial charge on any atom is -0.347 e. The molecule has 94 valence electrons. The van der Waals surface area contributed by atoms with Crippen LogP contribution in [0.15, 0.2) is 12.5 Å². The van der Waals surface area contributed by atoms with Crippen LogP contribution in [0.3, 0.4) is 0 Å². The zero-order valence-corrected chi connectivity index (χ0v) is 10.4. The minimum absolute atomic E-state index is 0.418. The summed E-state index contributed by atoms with van der Waals surface area (Å²) >= 11 is 0. The van der Waals surface area contributed by atoms with Gasteiger partial charge in [0.2, 0.25) is 0 Å². The summed E-state index contributed by atoms with van der Waals surface area (Å²) in [6.07, 6.45) is 10.6. The molecule has 2 N–H and O–H groups in total. The van der Waals surface area contributed by atoms with Gasteiger partial charge >= 0.3 is 0 Å². The Hall–Kier alpha value is -0.870. The Balaban J connectivity index is 1.75. The van der Waals surface area contributed by atoms with E-state index in [2.05, 4.69) is 20.2 Å². The summed E-state index contributed by atoms with van der Waals surface area (Å²) in [6, 6.07) is 0. The van der Waals surface area contributed by atoms with E-state index in [4.69, 9.17) is 0 Å². The number of aromatic amines is 1. The maximum atomic E-state index is 4.12. The van der Waals surface area contributed by atoms with Crippen molar-refractivity contribution in [2.24, 2.45) is 0 Å². The first-order valence-electron chi connectivity index (χ1n) is 6.82. The van der Waals surface area contributed by atoms with E-state index >= 15 is 0 Å². The summed E-state index contributed by atoms with van der Waals surface area (Å²) in [6.45, 7) is 4.48. The molecule has 2 aliphatic rings. The molecule has 0 radical (unpaired) electrons. The highest BCUT2D eigenvalue weighted by atomic mass is 15.3. The fourth-order valence-corrected chi connectivity index (χ4v) is 3.41. The van der Waals surface area contributed by atoms with E-state index in [9.17, 15) is 0 Å². The number of H-pyrrole nitrogens is 1. The Labute approximate surface area is 103 Å². The standard InChI is InChI=1S/C13H22N4/c1-2-4-13(5-3-1)10-14-6-7-17(13)9-12-8-15-11-16-12/h8,11,14H,1-7,9-10H2,(H,15,16). The van der Waals surface area contributed by atoms with Crippen molar-refractivity contribution >= 4 is 0 Å². The zero-order valence-electron chi connectivity index (χ0n) is 10.4. The summed E-state index contributed by atoms with van der Waals surface area (Å²) in [4.78, 5) is 10.0. The number of aromatic nitrogens is 2. The molecule has 1 aliphatic carbocycles. The number of hydrogen-bond acceptors (Lipinski definition) is 3. The van der Waals surface area contributed by atoms with Crippen LogP contribution in [0.1, 0.15) is 37.8 Å². The highest BCUT2D eigenvalue weighted by Gasteiger charge is 2.39. The van der Waals surface area contributed by atoms with E-state index in [1.807, 2.05) is 6.20 Å². The van der Waals surface area contributed by atoms with E-state index in [-0.39, 0.29) is 0 Å². The van der Waals surface area contributed by atoms with Crippen molar-refractivity contribution in [3.8, 4) is 0 Å². The summed E-state index contributed by atoms with van der Waals surface area (Å²) < 4.78 is 0. The quantitative estimate of drug-likeness (QED) is 0.815. The molecular formula is C13H22N4. The van der Waals surface area contributed by atoms with Gasteiger partial charge in [0.1, 0.15) is 0 Å². The first-order valence-corrected chi connectivity index (χ1v) is 6.82. The van der Waals surface area contributed by atoms with Crippen LogP contribution in [0.25, 0.3) is 0 Å². The zero-order chi connectivity index (χ0) is 11.6. The maximum absolute atomic E-state index is 4.12. The van der Waals surface area contributed by atoms with Gasteiger partial charge in [-0.05, 0) is 12.8 Å². The topological polar surface area (TPSA) is 44.0 Å². The van der Waals surface area contributed by atoms with Gasteiger partial charge < -0.3 is 10.3 Å². The molecule has 0 atom stereocenters. The smallest absolute Gasteiger partial charge is 0.0922 e. The van der Waals surface area contributed by atoms with Crippen molar-refractivity contribution in [1.82, 2.24) is 20.2 Å². The number of hydrogen-bond donors (Lipinski definition) is 2. The van der Waals surface area contributed by atoms with E-state index in [0.29, 0.717) is 5.54 Å². The third-order valence-corrected chi connectivity index (χ3v) is 4.38. The number of rotatable bonds is 2. The van der Waals surface area contributed by atoms with E-state index in [1.165, 1.54) is 50.9 Å². The van der Waals surface area contributed by atoms with Crippen LogP contribution in [0.4, 0.5) is 0 Å². The SMILES string of the molecule is c1ncc(CN2CCNCC23CCCCC3)[nH]1. The molecule has 1 aliphatic heterocycles. The van der Waals surface area contributed by atoms with Crippen LogP contribution in [-0.4, -0.2) is 40.0 Å². The molecule has 0 aromatic carbocycles. The fourth-order valence-electron chi connectivity index (χ4n) is 3.41. The molecule has 4 heteroatoms. The Morgan fingerprint density at radius 2 is 2.18 bits per heavy atom. The Morgan fingerprint density at radius 3 is 2.94 bits per heavy atom. The average Bonchev–Trinajstić information content (AvgIpc) is 2.86. The van der Waals surface area contributed by atoms with Gasteiger partial charge in [-0.25, -0.2) is 4.98 Å². The third-order valence-electron chi connectivity index (χ3n) is 4.38. The predicted molar refractivity (Wildman–Crippen MR) is 67.7 cm³/mol. The number of nitrogens with zero attached hydrogens (tertiary/aromatic N) is 2. The molecule has 3 rings (SSSR count). The van der Waals surface area contributed by atoms with E-state index in [0.717, 1.165) is 13.1 Å². The summed E-state index contributed by atoms with van der Waals surface area (Å²) in [5.41, 5.74) is 1.67. The lowest BCUT2D eigenvalue weighted by atomic mass is 9.79. The van der Waals surface area contributed by atoms with Crippen LogP contribution in [-0.2, 0) is 6.54 Å². The second-order valence-electron chi connectivity index (χ2n) is 5.46. The Bertz CT molecular complexity index is 332. The van der Waals surface area contributed by atoms with Crippen molar-refractivity contribution in [1.29, 1.82) is 0 Å². The molecule has 0 bridgehead atoms. The van der Waals surface area contributed by atoms with Gasteiger partial charge in [-0.3, -0.25) is 4.90 Å². The summed E-state index contributed by atoms with van der Waals surface area (Å²) in [5.74, 6) is 0. The van der Waals surface area contributed by atoms with E-state index in [1.54, 1.807) is 6.33 Å². The molecule has 1 aromatic rings. The fraction of sp³-hybridized carbons (Fsp3) is 0.769. The van der Waals surface area contributed by atoms with Gasteiger partial charge in [-0.15, -0.1) is 0 Å². The van der Waals surface area contributed by atoms with Gasteiger partial charge in [0.25, 0.3) is 0 Å². The Kier molecular flexibility index (Phi) is 3.16. The lowest BCUT2D eigenvalue weighted by molar-refractivity contribution is 0.0200. The molecule has 0 amide bonds. The van der Waals surface area contributed by atoms with Crippen molar-refractivity contribution in [3.63, 3.8) is 0 Å². The number of nitrogens with one attached hydrogen (secondary N) is 2. The van der Waals surface area contributed by atoms with Gasteiger partial charge in [-0.2, -0.15) is 0 Å². The molecule has 2 fully saturated rings. The molecule has 4 nitrogen and oxygen atoms in total. The molecule has 2 heterocycles. The second-order valence-corrected chi connectivity index (χ2v) is 5.46. The predicted octanol–water partition coefficient (Wildman–Crippen LogP) is 1.52. The third kappa shape index (κ3) is 2.24. The molecule has 17 heavy (non-hydrogen) atoms. The molecule has 1 saturated carbocycles. The van der Waals surface area contributed by atoms with Crippen LogP contribution >= 0.6 is 0 Å². The summed E-state index contributed by atoms with van der Waals surface area (Å²) in [5, 5.41) is 3.59. The van der Waals surface area contributed by atoms with Gasteiger partial charge in [0.05, 0.1) is 6.33 Å². The second kappa shape index (κ2) is 4.78. The highest BCUT2D eigenvalue weighted by Crippen LogP contribution is 2.35. The first kappa shape index (κ1) is 11.2. The number of piperazine rings is 1. The first-order chi connectivity index (χ1) is 8.39. The van der Waals surface area contributed by atoms with Gasteiger partial charge in [-0.1, -0.05) is 19.3 Å². The van der Waals surface area contributed by atoms with Crippen molar-refractivity contribution in [2.75, 3.05) is 19.6 Å². The minimum atomic E-state index is 0.418. The maximum Gasteiger partial charge on any atom is 0.0922 e. The van der Waals surface area contributed by atoms with Crippen LogP contribution in [0.2, 0.25) is 0 Å². The van der Waals surface area contributed by atoms with Crippen LogP contribution in [0.5, 0.6) is 0 Å². The van der Waals surface area contributed by atoms with E-state index < -0.39 is 0 Å². The molecule has 1 spiro atoms. The normalized spacial score (nSPS) is 25.2. The highest BCUT2D eigenvalue weighted by molar-refractivity contribution is 5.02. The molecule has 0 unspecified atom stereocenters. The van der Waals surface area contributed by atoms with Crippen LogP contribution < -0.4 is 5.32 Å². The van der Waals surface area contributed by atoms with Crippen LogP contribution in [0, 0.1) is 0 Å². The van der Waals surface area contributed by atoms with Crippen molar-refractivity contribution < 1.29 is 0 Å². The summed E-state index contributed by atoms with van der Waals surface area (Å²) in [7, 11) is 0. The molecule has 1 aromatic heterocycles. The largest absolute Gasteiger partial charge is 0.347 e. The van der Waals surface area contributed by atoms with Gasteiger partial charge in [0, 0.05) is 43.6 Å². The van der Waals surface area contributed by atoms with Gasteiger partial charge in [0.15, 0.2) is 0 Å². The number of imidazole rings is 1.